The van der Waals surface area contributed by atoms with Crippen LogP contribution in [0.2, 0.25) is 0 Å². The third-order valence-electron chi connectivity index (χ3n) is 3.97. The minimum Gasteiger partial charge on any atom is -0.394 e. The van der Waals surface area contributed by atoms with Gasteiger partial charge < -0.3 is 9.84 Å². The first kappa shape index (κ1) is 15.2. The Morgan fingerprint density at radius 1 is 1.00 bits per heavy atom. The zero-order valence-electron chi connectivity index (χ0n) is 12.0. The zero-order chi connectivity index (χ0) is 15.6. The lowest BCUT2D eigenvalue weighted by Gasteiger charge is -2.19. The molecule has 5 heteroatoms. The van der Waals surface area contributed by atoms with Gasteiger partial charge in [-0.25, -0.2) is 8.42 Å². The molecule has 4 nitrogen and oxygen atoms in total. The van der Waals surface area contributed by atoms with Gasteiger partial charge in [-0.05, 0) is 24.1 Å². The van der Waals surface area contributed by atoms with Gasteiger partial charge in [0.25, 0.3) is 0 Å². The molecule has 1 N–H and O–H groups in total. The highest BCUT2D eigenvalue weighted by atomic mass is 32.2. The number of ether oxygens (including phenoxy) is 1. The predicted octanol–water partition coefficient (Wildman–Crippen LogP) is 2.35. The van der Waals surface area contributed by atoms with Crippen LogP contribution < -0.4 is 0 Å². The number of hydrogen-bond donors (Lipinski definition) is 1. The van der Waals surface area contributed by atoms with Gasteiger partial charge in [-0.2, -0.15) is 0 Å². The number of rotatable bonds is 4. The Hall–Kier alpha value is -1.69. The number of hydrogen-bond acceptors (Lipinski definition) is 4. The molecule has 1 saturated heterocycles. The van der Waals surface area contributed by atoms with Crippen LogP contribution in [0.15, 0.2) is 65.6 Å². The van der Waals surface area contributed by atoms with Gasteiger partial charge in [-0.1, -0.05) is 48.5 Å². The molecule has 0 unspecified atom stereocenters. The second-order valence-corrected chi connectivity index (χ2v) is 7.57. The van der Waals surface area contributed by atoms with Crippen molar-refractivity contribution in [3.05, 3.63) is 66.2 Å². The van der Waals surface area contributed by atoms with Gasteiger partial charge in [-0.15, -0.1) is 0 Å². The predicted molar refractivity (Wildman–Crippen MR) is 83.2 cm³/mol. The van der Waals surface area contributed by atoms with E-state index in [2.05, 4.69) is 0 Å². The van der Waals surface area contributed by atoms with E-state index in [-0.39, 0.29) is 6.61 Å². The average molecular weight is 318 g/mol. The van der Waals surface area contributed by atoms with Gasteiger partial charge in [0.05, 0.1) is 22.9 Å². The second kappa shape index (κ2) is 6.20. The van der Waals surface area contributed by atoms with Crippen molar-refractivity contribution in [2.24, 2.45) is 0 Å². The Labute approximate surface area is 130 Å². The van der Waals surface area contributed by atoms with Gasteiger partial charge in [0, 0.05) is 0 Å². The number of aliphatic hydroxyl groups excluding tert-OH is 1. The normalized spacial score (nSPS) is 25.2. The highest BCUT2D eigenvalue weighted by molar-refractivity contribution is 7.92. The molecule has 0 aliphatic carbocycles. The largest absolute Gasteiger partial charge is 0.394 e. The monoisotopic (exact) mass is 318 g/mol. The first-order valence-electron chi connectivity index (χ1n) is 7.23. The van der Waals surface area contributed by atoms with Crippen molar-refractivity contribution in [2.75, 3.05) is 6.61 Å². The average Bonchev–Trinajstić information content (AvgIpc) is 3.02. The molecule has 3 atom stereocenters. The molecule has 116 valence electrons. The summed E-state index contributed by atoms with van der Waals surface area (Å²) in [5.74, 6) is 0. The Balaban J connectivity index is 2.00. The number of aliphatic hydroxyl groups is 1. The lowest BCUT2D eigenvalue weighted by Crippen LogP contribution is -2.25. The molecule has 0 radical (unpaired) electrons. The van der Waals surface area contributed by atoms with E-state index in [0.29, 0.717) is 11.3 Å². The van der Waals surface area contributed by atoms with Crippen LogP contribution >= 0.6 is 0 Å². The molecule has 22 heavy (non-hydrogen) atoms. The van der Waals surface area contributed by atoms with E-state index >= 15 is 0 Å². The molecule has 0 aromatic heterocycles. The summed E-state index contributed by atoms with van der Waals surface area (Å²) in [5.41, 5.74) is 0.822. The van der Waals surface area contributed by atoms with Crippen LogP contribution in [0, 0.1) is 0 Å². The maximum atomic E-state index is 12.9. The number of sulfone groups is 1. The van der Waals surface area contributed by atoms with E-state index in [1.165, 1.54) is 0 Å². The first-order valence-corrected chi connectivity index (χ1v) is 8.78. The molecule has 0 spiro atoms. The van der Waals surface area contributed by atoms with Crippen LogP contribution in [-0.2, 0) is 14.6 Å². The van der Waals surface area contributed by atoms with Crippen molar-refractivity contribution >= 4 is 9.84 Å². The Morgan fingerprint density at radius 2 is 1.59 bits per heavy atom. The van der Waals surface area contributed by atoms with Crippen molar-refractivity contribution in [3.8, 4) is 0 Å². The molecular formula is C17H18O4S. The maximum Gasteiger partial charge on any atom is 0.184 e. The van der Waals surface area contributed by atoms with Crippen molar-refractivity contribution in [3.63, 3.8) is 0 Å². The fraction of sp³-hybridized carbons (Fsp3) is 0.294. The third-order valence-corrected chi connectivity index (χ3v) is 6.14. The second-order valence-electron chi connectivity index (χ2n) is 5.40. The van der Waals surface area contributed by atoms with Gasteiger partial charge in [0.2, 0.25) is 0 Å². The molecule has 2 aromatic rings. The van der Waals surface area contributed by atoms with E-state index < -0.39 is 27.3 Å². The molecule has 1 heterocycles. The summed E-state index contributed by atoms with van der Waals surface area (Å²) in [6.45, 7) is -0.176. The molecule has 1 aliphatic rings. The van der Waals surface area contributed by atoms with E-state index in [4.69, 9.17) is 4.74 Å². The first-order chi connectivity index (χ1) is 10.6. The zero-order valence-corrected chi connectivity index (χ0v) is 12.8. The van der Waals surface area contributed by atoms with Crippen LogP contribution in [0.1, 0.15) is 18.1 Å². The Kier molecular flexibility index (Phi) is 4.29. The summed E-state index contributed by atoms with van der Waals surface area (Å²) in [6.07, 6.45) is -0.704. The fourth-order valence-electron chi connectivity index (χ4n) is 2.86. The molecule has 3 rings (SSSR count). The van der Waals surface area contributed by atoms with Crippen molar-refractivity contribution in [2.45, 2.75) is 28.8 Å². The molecular weight excluding hydrogens is 300 g/mol. The molecule has 0 amide bonds. The van der Waals surface area contributed by atoms with Crippen LogP contribution in [0.4, 0.5) is 0 Å². The summed E-state index contributed by atoms with van der Waals surface area (Å²) < 4.78 is 31.6. The summed E-state index contributed by atoms with van der Waals surface area (Å²) in [7, 11) is -3.52. The van der Waals surface area contributed by atoms with E-state index in [1.54, 1.807) is 30.3 Å². The highest BCUT2D eigenvalue weighted by Gasteiger charge is 2.44. The highest BCUT2D eigenvalue weighted by Crippen LogP contribution is 2.39. The van der Waals surface area contributed by atoms with Crippen molar-refractivity contribution in [1.29, 1.82) is 0 Å². The van der Waals surface area contributed by atoms with Crippen LogP contribution in [0.25, 0.3) is 0 Å². The minimum absolute atomic E-state index is 0.176. The molecule has 1 aliphatic heterocycles. The summed E-state index contributed by atoms with van der Waals surface area (Å²) in [6, 6.07) is 17.7. The van der Waals surface area contributed by atoms with Gasteiger partial charge in [-0.3, -0.25) is 0 Å². The molecule has 0 bridgehead atoms. The van der Waals surface area contributed by atoms with Crippen LogP contribution in [0.5, 0.6) is 0 Å². The van der Waals surface area contributed by atoms with Crippen molar-refractivity contribution in [1.82, 2.24) is 0 Å². The Bertz CT molecular complexity index is 713. The van der Waals surface area contributed by atoms with Crippen LogP contribution in [-0.4, -0.2) is 31.5 Å². The van der Waals surface area contributed by atoms with Crippen LogP contribution in [0.3, 0.4) is 0 Å². The third kappa shape index (κ3) is 2.79. The van der Waals surface area contributed by atoms with Gasteiger partial charge in [0.1, 0.15) is 6.10 Å². The smallest absolute Gasteiger partial charge is 0.184 e. The van der Waals surface area contributed by atoms with E-state index in [0.717, 1.165) is 5.56 Å². The number of benzene rings is 2. The minimum atomic E-state index is -3.52. The summed E-state index contributed by atoms with van der Waals surface area (Å²) in [5, 5.41) is 8.68. The fourth-order valence-corrected chi connectivity index (χ4v) is 4.76. The Morgan fingerprint density at radius 3 is 2.18 bits per heavy atom. The SMILES string of the molecule is O=S(=O)(c1ccccc1)[C@H]1C[C@@H](CO)O[C@@H]1c1ccccc1. The van der Waals surface area contributed by atoms with Crippen molar-refractivity contribution < 1.29 is 18.3 Å². The van der Waals surface area contributed by atoms with E-state index in [1.807, 2.05) is 30.3 Å². The van der Waals surface area contributed by atoms with E-state index in [9.17, 15) is 13.5 Å². The maximum absolute atomic E-state index is 12.9. The van der Waals surface area contributed by atoms with Gasteiger partial charge >= 0.3 is 0 Å². The lowest BCUT2D eigenvalue weighted by molar-refractivity contribution is 0.0114. The quantitative estimate of drug-likeness (QED) is 0.940. The lowest BCUT2D eigenvalue weighted by atomic mass is 10.1. The summed E-state index contributed by atoms with van der Waals surface area (Å²) >= 11 is 0. The standard InChI is InChI=1S/C17H18O4S/c18-12-14-11-16(17(21-14)13-7-3-1-4-8-13)22(19,20)15-9-5-2-6-10-15/h1-10,14,16-18H,11-12H2/t14-,16-,17+/m0/s1. The summed E-state index contributed by atoms with van der Waals surface area (Å²) in [4.78, 5) is 0.295. The molecule has 2 aromatic carbocycles. The molecule has 0 saturated carbocycles. The van der Waals surface area contributed by atoms with Gasteiger partial charge in [0.15, 0.2) is 9.84 Å². The molecule has 1 fully saturated rings. The topological polar surface area (TPSA) is 63.6 Å².